The molecule has 0 bridgehead atoms. The third kappa shape index (κ3) is 7.37. The number of hydrogen-bond acceptors (Lipinski definition) is 9. The van der Waals surface area contributed by atoms with E-state index in [9.17, 15) is 20.3 Å². The highest BCUT2D eigenvalue weighted by Gasteiger charge is 2.32. The van der Waals surface area contributed by atoms with Crippen molar-refractivity contribution in [1.29, 1.82) is 5.26 Å². The topological polar surface area (TPSA) is 143 Å². The number of carboxylic acids is 1. The first-order valence-corrected chi connectivity index (χ1v) is 15.0. The van der Waals surface area contributed by atoms with Crippen molar-refractivity contribution in [1.82, 2.24) is 10.3 Å². The van der Waals surface area contributed by atoms with Crippen molar-refractivity contribution in [3.8, 4) is 40.2 Å². The summed E-state index contributed by atoms with van der Waals surface area (Å²) in [7, 11) is 0. The van der Waals surface area contributed by atoms with E-state index in [2.05, 4.69) is 38.4 Å². The molecule has 0 saturated heterocycles. The van der Waals surface area contributed by atoms with E-state index in [-0.39, 0.29) is 19.8 Å². The van der Waals surface area contributed by atoms with E-state index < -0.39 is 18.1 Å². The maximum absolute atomic E-state index is 11.7. The monoisotopic (exact) mass is 673 g/mol. The maximum Gasteiger partial charge on any atom is 0.326 e. The van der Waals surface area contributed by atoms with Crippen LogP contribution in [-0.2, 0) is 24.6 Å². The fraction of sp³-hybridized carbons (Fsp3) is 0.265. The Kier molecular flexibility index (Phi) is 9.88. The third-order valence-corrected chi connectivity index (χ3v) is 8.19. The Labute approximate surface area is 269 Å². The number of nitrogens with one attached hydrogen (secondary N) is 1. The number of pyridine rings is 1. The van der Waals surface area contributed by atoms with Crippen LogP contribution in [0.2, 0.25) is 0 Å². The fourth-order valence-corrected chi connectivity index (χ4v) is 5.26. The lowest BCUT2D eigenvalue weighted by Gasteiger charge is -2.25. The van der Waals surface area contributed by atoms with Crippen molar-refractivity contribution < 1.29 is 34.0 Å². The second kappa shape index (κ2) is 14.0. The molecule has 1 aliphatic rings. The highest BCUT2D eigenvalue weighted by molar-refractivity contribution is 9.10. The molecule has 3 N–H and O–H groups in total. The van der Waals surface area contributed by atoms with Crippen molar-refractivity contribution in [2.24, 2.45) is 0 Å². The van der Waals surface area contributed by atoms with Crippen LogP contribution in [0.5, 0.6) is 23.0 Å². The molecule has 11 heteroatoms. The number of aromatic nitrogens is 1. The number of aliphatic carboxylic acids is 1. The zero-order valence-electron chi connectivity index (χ0n) is 24.8. The summed E-state index contributed by atoms with van der Waals surface area (Å²) in [4.78, 5) is 15.8. The molecule has 10 nitrogen and oxygen atoms in total. The van der Waals surface area contributed by atoms with Gasteiger partial charge in [-0.25, -0.2) is 0 Å². The summed E-state index contributed by atoms with van der Waals surface area (Å²) < 4.78 is 24.5. The number of hydrogen-bond donors (Lipinski definition) is 3. The van der Waals surface area contributed by atoms with Crippen LogP contribution in [0.3, 0.4) is 0 Å². The number of fused-ring (bicyclic) bond motifs is 1. The normalized spacial score (nSPS) is 13.4. The summed E-state index contributed by atoms with van der Waals surface area (Å²) in [5.74, 6) is 1.24. The number of carboxylic acid groups (broad SMARTS) is 1. The molecule has 1 aromatic heterocycles. The zero-order valence-corrected chi connectivity index (χ0v) is 26.4. The SMILES string of the molecule is Cc1c(COc2cc(OCc3cncc(C#N)c3)c(CN[C@](C)(CO)C(=O)O)cc2Br)cccc1-c1ccc2c(c1)OCCO2. The Bertz CT molecular complexity index is 1760. The molecule has 0 saturated carbocycles. The Morgan fingerprint density at radius 3 is 2.58 bits per heavy atom. The second-order valence-electron chi connectivity index (χ2n) is 10.8. The molecule has 1 atom stereocenters. The number of aliphatic hydroxyl groups is 1. The average molecular weight is 675 g/mol. The van der Waals surface area contributed by atoms with Crippen molar-refractivity contribution in [2.75, 3.05) is 19.8 Å². The van der Waals surface area contributed by atoms with Gasteiger partial charge in [0, 0.05) is 36.1 Å². The maximum atomic E-state index is 11.7. The van der Waals surface area contributed by atoms with Crippen LogP contribution in [0.1, 0.15) is 34.7 Å². The van der Waals surface area contributed by atoms with E-state index in [1.54, 1.807) is 24.4 Å². The lowest BCUT2D eigenvalue weighted by atomic mass is 9.96. The highest BCUT2D eigenvalue weighted by atomic mass is 79.9. The molecule has 45 heavy (non-hydrogen) atoms. The van der Waals surface area contributed by atoms with Crippen LogP contribution >= 0.6 is 15.9 Å². The summed E-state index contributed by atoms with van der Waals surface area (Å²) in [6, 6.07) is 19.3. The van der Waals surface area contributed by atoms with Crippen LogP contribution in [-0.4, -0.2) is 46.5 Å². The predicted molar refractivity (Wildman–Crippen MR) is 169 cm³/mol. The molecule has 4 aromatic rings. The van der Waals surface area contributed by atoms with E-state index in [4.69, 9.17) is 18.9 Å². The number of carbonyl (C=O) groups is 1. The number of halogens is 1. The molecule has 0 aliphatic carbocycles. The van der Waals surface area contributed by atoms with Crippen molar-refractivity contribution in [2.45, 2.75) is 39.1 Å². The van der Waals surface area contributed by atoms with E-state index in [0.717, 1.165) is 33.8 Å². The van der Waals surface area contributed by atoms with Gasteiger partial charge in [0.05, 0.1) is 16.6 Å². The summed E-state index contributed by atoms with van der Waals surface area (Å²) in [6.07, 6.45) is 3.08. The van der Waals surface area contributed by atoms with Crippen molar-refractivity contribution in [3.63, 3.8) is 0 Å². The van der Waals surface area contributed by atoms with Crippen molar-refractivity contribution >= 4 is 21.9 Å². The van der Waals surface area contributed by atoms with Gasteiger partial charge in [-0.1, -0.05) is 24.3 Å². The minimum absolute atomic E-state index is 0.0880. The van der Waals surface area contributed by atoms with Gasteiger partial charge in [-0.3, -0.25) is 15.1 Å². The lowest BCUT2D eigenvalue weighted by Crippen LogP contribution is -2.52. The van der Waals surface area contributed by atoms with Gasteiger partial charge in [0.1, 0.15) is 49.5 Å². The number of rotatable bonds is 12. The Morgan fingerprint density at radius 1 is 1.04 bits per heavy atom. The minimum Gasteiger partial charge on any atom is -0.488 e. The molecule has 3 aromatic carbocycles. The number of ether oxygens (including phenoxy) is 4. The Balaban J connectivity index is 1.39. The van der Waals surface area contributed by atoms with Gasteiger partial charge in [0.15, 0.2) is 11.5 Å². The molecule has 0 amide bonds. The van der Waals surface area contributed by atoms with Crippen LogP contribution in [0.25, 0.3) is 11.1 Å². The largest absolute Gasteiger partial charge is 0.488 e. The van der Waals surface area contributed by atoms with E-state index in [1.807, 2.05) is 37.3 Å². The minimum atomic E-state index is -1.55. The average Bonchev–Trinajstić information content (AvgIpc) is 3.06. The third-order valence-electron chi connectivity index (χ3n) is 7.57. The van der Waals surface area contributed by atoms with Gasteiger partial charge in [-0.15, -0.1) is 0 Å². The van der Waals surface area contributed by atoms with Gasteiger partial charge < -0.3 is 29.2 Å². The van der Waals surface area contributed by atoms with Crippen LogP contribution in [0.4, 0.5) is 0 Å². The molecule has 0 fully saturated rings. The number of aliphatic hydroxyl groups excluding tert-OH is 1. The molecule has 5 rings (SSSR count). The fourth-order valence-electron chi connectivity index (χ4n) is 4.76. The van der Waals surface area contributed by atoms with E-state index in [0.29, 0.717) is 45.9 Å². The van der Waals surface area contributed by atoms with Crippen LogP contribution < -0.4 is 24.3 Å². The zero-order chi connectivity index (χ0) is 32.0. The molecule has 1 aliphatic heterocycles. The van der Waals surface area contributed by atoms with Gasteiger partial charge in [0.2, 0.25) is 0 Å². The van der Waals surface area contributed by atoms with E-state index >= 15 is 0 Å². The predicted octanol–water partition coefficient (Wildman–Crippen LogP) is 5.55. The van der Waals surface area contributed by atoms with Gasteiger partial charge >= 0.3 is 5.97 Å². The van der Waals surface area contributed by atoms with Crippen molar-refractivity contribution in [3.05, 3.63) is 99.3 Å². The molecule has 2 heterocycles. The standard InChI is InChI=1S/C34H32BrN3O7/c1-21-25(4-3-5-27(21)24-6-7-29-32(12-24)43-9-8-42-29)19-45-31-13-30(44-18-23-10-22(14-36)15-37-16-23)26(11-28(31)35)17-38-34(2,20-39)33(40)41/h3-7,10-13,15-16,38-39H,8-9,17-20H2,1-2H3,(H,40,41)/t34-/m1/s1. The molecular weight excluding hydrogens is 642 g/mol. The van der Waals surface area contributed by atoms with Gasteiger partial charge in [-0.05, 0) is 76.3 Å². The molecule has 0 unspecified atom stereocenters. The van der Waals surface area contributed by atoms with Crippen LogP contribution in [0, 0.1) is 18.3 Å². The summed E-state index contributed by atoms with van der Waals surface area (Å²) in [5.41, 5.74) is 4.30. The first kappa shape index (κ1) is 31.8. The van der Waals surface area contributed by atoms with E-state index in [1.165, 1.54) is 13.1 Å². The highest BCUT2D eigenvalue weighted by Crippen LogP contribution is 2.37. The smallest absolute Gasteiger partial charge is 0.326 e. The van der Waals surface area contributed by atoms with Gasteiger partial charge in [-0.2, -0.15) is 5.26 Å². The van der Waals surface area contributed by atoms with Gasteiger partial charge in [0.25, 0.3) is 0 Å². The lowest BCUT2D eigenvalue weighted by molar-refractivity contribution is -0.145. The summed E-state index contributed by atoms with van der Waals surface area (Å²) >= 11 is 3.60. The first-order valence-electron chi connectivity index (χ1n) is 14.2. The van der Waals surface area contributed by atoms with Crippen LogP contribution in [0.15, 0.2) is 71.5 Å². The first-order chi connectivity index (χ1) is 21.7. The molecular formula is C34H32BrN3O7. The molecule has 0 radical (unpaired) electrons. The molecule has 0 spiro atoms. The molecule has 232 valence electrons. The number of nitrogens with zero attached hydrogens (tertiary/aromatic N) is 2. The quantitative estimate of drug-likeness (QED) is 0.175. The summed E-state index contributed by atoms with van der Waals surface area (Å²) in [6.45, 7) is 4.38. The summed E-state index contributed by atoms with van der Waals surface area (Å²) in [5, 5.41) is 31.4. The Hall–Kier alpha value is -4.63. The second-order valence-corrected chi connectivity index (χ2v) is 11.6. The Morgan fingerprint density at radius 2 is 1.82 bits per heavy atom. The number of nitriles is 1. The number of benzene rings is 3.